The normalized spacial score (nSPS) is 16.1. The van der Waals surface area contributed by atoms with Crippen molar-refractivity contribution in [1.82, 2.24) is 4.90 Å². The van der Waals surface area contributed by atoms with Crippen molar-refractivity contribution >= 4 is 15.7 Å². The number of amides is 1. The average molecular weight is 382 g/mol. The highest BCUT2D eigenvalue weighted by molar-refractivity contribution is 7.92. The summed E-state index contributed by atoms with van der Waals surface area (Å²) in [5.41, 5.74) is 1.04. The van der Waals surface area contributed by atoms with Crippen LogP contribution in [0, 0.1) is 5.92 Å². The number of hydrogen-bond donors (Lipinski definition) is 0. The number of carbonyl (C=O) groups is 1. The minimum atomic E-state index is -3.05. The van der Waals surface area contributed by atoms with Gasteiger partial charge in [-0.1, -0.05) is 32.0 Å². The molecule has 1 aromatic carbocycles. The van der Waals surface area contributed by atoms with Gasteiger partial charge in [-0.05, 0) is 43.7 Å². The summed E-state index contributed by atoms with van der Waals surface area (Å²) in [4.78, 5) is 14.3. The van der Waals surface area contributed by atoms with Crippen LogP contribution in [0.5, 0.6) is 5.75 Å². The van der Waals surface area contributed by atoms with Crippen LogP contribution in [0.1, 0.15) is 45.6 Å². The zero-order valence-electron chi connectivity index (χ0n) is 16.1. The molecule has 0 spiro atoms. The molecule has 1 saturated heterocycles. The lowest BCUT2D eigenvalue weighted by atomic mass is 10.1. The molecule has 0 bridgehead atoms. The van der Waals surface area contributed by atoms with Gasteiger partial charge in [0.1, 0.15) is 5.75 Å². The number of ether oxygens (including phenoxy) is 1. The molecule has 26 heavy (non-hydrogen) atoms. The maximum atomic E-state index is 12.5. The van der Waals surface area contributed by atoms with E-state index in [0.717, 1.165) is 11.3 Å². The molecule has 1 aliphatic rings. The number of hydrogen-bond acceptors (Lipinski definition) is 4. The van der Waals surface area contributed by atoms with Gasteiger partial charge in [-0.25, -0.2) is 8.42 Å². The number of sulfone groups is 1. The van der Waals surface area contributed by atoms with E-state index in [2.05, 4.69) is 0 Å². The van der Waals surface area contributed by atoms with Crippen molar-refractivity contribution in [2.24, 2.45) is 5.92 Å². The van der Waals surface area contributed by atoms with Crippen LogP contribution < -0.4 is 4.74 Å². The first kappa shape index (κ1) is 20.7. The summed E-state index contributed by atoms with van der Waals surface area (Å²) in [6.07, 6.45) is 2.17. The SMILES string of the molecule is CCOc1ccccc1CCC(=O)N1CCC(S(=O)(=O)CC(C)C)CC1. The van der Waals surface area contributed by atoms with Gasteiger partial charge in [0.25, 0.3) is 0 Å². The second-order valence-electron chi connectivity index (χ2n) is 7.34. The van der Waals surface area contributed by atoms with Crippen molar-refractivity contribution < 1.29 is 17.9 Å². The van der Waals surface area contributed by atoms with E-state index < -0.39 is 9.84 Å². The van der Waals surface area contributed by atoms with E-state index in [4.69, 9.17) is 4.74 Å². The highest BCUT2D eigenvalue weighted by atomic mass is 32.2. The monoisotopic (exact) mass is 381 g/mol. The number of nitrogens with zero attached hydrogens (tertiary/aromatic N) is 1. The van der Waals surface area contributed by atoms with Crippen LogP contribution in [0.4, 0.5) is 0 Å². The molecule has 1 fully saturated rings. The Morgan fingerprint density at radius 1 is 1.23 bits per heavy atom. The van der Waals surface area contributed by atoms with E-state index in [1.807, 2.05) is 49.9 Å². The van der Waals surface area contributed by atoms with Gasteiger partial charge in [-0.2, -0.15) is 0 Å². The third-order valence-electron chi connectivity index (χ3n) is 4.75. The highest BCUT2D eigenvalue weighted by Crippen LogP contribution is 2.23. The zero-order valence-corrected chi connectivity index (χ0v) is 16.9. The molecular weight excluding hydrogens is 350 g/mol. The van der Waals surface area contributed by atoms with E-state index in [0.29, 0.717) is 45.4 Å². The summed E-state index contributed by atoms with van der Waals surface area (Å²) in [7, 11) is -3.05. The van der Waals surface area contributed by atoms with Crippen LogP contribution in [0.3, 0.4) is 0 Å². The molecule has 0 N–H and O–H groups in total. The number of para-hydroxylation sites is 1. The molecule has 0 unspecified atom stereocenters. The fourth-order valence-corrected chi connectivity index (χ4v) is 5.60. The molecule has 6 heteroatoms. The standard InChI is InChI=1S/C20H31NO4S/c1-4-25-19-8-6-5-7-17(19)9-10-20(22)21-13-11-18(12-14-21)26(23,24)15-16(2)3/h5-8,16,18H,4,9-15H2,1-3H3. The highest BCUT2D eigenvalue weighted by Gasteiger charge is 2.31. The minimum Gasteiger partial charge on any atom is -0.494 e. The van der Waals surface area contributed by atoms with Crippen LogP contribution in [0.15, 0.2) is 24.3 Å². The van der Waals surface area contributed by atoms with Crippen molar-refractivity contribution in [1.29, 1.82) is 0 Å². The number of benzene rings is 1. The van der Waals surface area contributed by atoms with Crippen LogP contribution >= 0.6 is 0 Å². The van der Waals surface area contributed by atoms with Gasteiger partial charge >= 0.3 is 0 Å². The fourth-order valence-electron chi connectivity index (χ4n) is 3.47. The minimum absolute atomic E-state index is 0.0935. The Labute approximate surface area is 157 Å². The van der Waals surface area contributed by atoms with Crippen LogP contribution in [0.25, 0.3) is 0 Å². The first-order valence-corrected chi connectivity index (χ1v) is 11.2. The van der Waals surface area contributed by atoms with Gasteiger partial charge in [-0.3, -0.25) is 4.79 Å². The lowest BCUT2D eigenvalue weighted by Crippen LogP contribution is -2.43. The maximum absolute atomic E-state index is 12.5. The number of piperidine rings is 1. The van der Waals surface area contributed by atoms with Crippen molar-refractivity contribution in [3.63, 3.8) is 0 Å². The Hall–Kier alpha value is -1.56. The molecule has 146 valence electrons. The van der Waals surface area contributed by atoms with E-state index in [1.165, 1.54) is 0 Å². The van der Waals surface area contributed by atoms with Crippen molar-refractivity contribution in [2.45, 2.75) is 51.7 Å². The van der Waals surface area contributed by atoms with Crippen LogP contribution in [-0.2, 0) is 21.1 Å². The number of carbonyl (C=O) groups excluding carboxylic acids is 1. The fraction of sp³-hybridized carbons (Fsp3) is 0.650. The largest absolute Gasteiger partial charge is 0.494 e. The summed E-state index contributed by atoms with van der Waals surface area (Å²) >= 11 is 0. The predicted molar refractivity (Wildman–Crippen MR) is 104 cm³/mol. The van der Waals surface area contributed by atoms with Gasteiger partial charge in [0.05, 0.1) is 17.6 Å². The van der Waals surface area contributed by atoms with Gasteiger partial charge in [-0.15, -0.1) is 0 Å². The first-order chi connectivity index (χ1) is 12.3. The number of likely N-dealkylation sites (tertiary alicyclic amines) is 1. The predicted octanol–water partition coefficient (Wildman–Crippen LogP) is 3.08. The molecule has 0 radical (unpaired) electrons. The first-order valence-electron chi connectivity index (χ1n) is 9.53. The molecule has 1 aromatic rings. The van der Waals surface area contributed by atoms with Gasteiger partial charge < -0.3 is 9.64 Å². The molecule has 2 rings (SSSR count). The quantitative estimate of drug-likeness (QED) is 0.694. The summed E-state index contributed by atoms with van der Waals surface area (Å²) in [6.45, 7) is 7.47. The molecule has 0 saturated carbocycles. The molecule has 0 aromatic heterocycles. The van der Waals surface area contributed by atoms with E-state index in [9.17, 15) is 13.2 Å². The lowest BCUT2D eigenvalue weighted by molar-refractivity contribution is -0.132. The Balaban J connectivity index is 1.85. The van der Waals surface area contributed by atoms with E-state index >= 15 is 0 Å². The van der Waals surface area contributed by atoms with Crippen molar-refractivity contribution in [3.05, 3.63) is 29.8 Å². The Bertz CT molecular complexity index is 692. The number of aryl methyl sites for hydroxylation is 1. The smallest absolute Gasteiger partial charge is 0.222 e. The topological polar surface area (TPSA) is 63.7 Å². The Morgan fingerprint density at radius 3 is 2.50 bits per heavy atom. The third-order valence-corrected chi connectivity index (χ3v) is 7.37. The third kappa shape index (κ3) is 5.73. The van der Waals surface area contributed by atoms with Gasteiger partial charge in [0, 0.05) is 19.5 Å². The summed E-state index contributed by atoms with van der Waals surface area (Å²) in [5, 5.41) is -0.298. The molecule has 5 nitrogen and oxygen atoms in total. The molecule has 0 aliphatic carbocycles. The number of rotatable bonds is 8. The van der Waals surface area contributed by atoms with Gasteiger partial charge in [0.15, 0.2) is 9.84 Å². The van der Waals surface area contributed by atoms with Crippen LogP contribution in [-0.4, -0.2) is 49.9 Å². The summed E-state index contributed by atoms with van der Waals surface area (Å²) in [6, 6.07) is 7.80. The molecule has 0 atom stereocenters. The summed E-state index contributed by atoms with van der Waals surface area (Å²) in [5.74, 6) is 1.31. The second kappa shape index (κ2) is 9.40. The van der Waals surface area contributed by atoms with Crippen molar-refractivity contribution in [2.75, 3.05) is 25.4 Å². The van der Waals surface area contributed by atoms with Gasteiger partial charge in [0.2, 0.25) is 5.91 Å². The zero-order chi connectivity index (χ0) is 19.2. The lowest BCUT2D eigenvalue weighted by Gasteiger charge is -2.32. The molecule has 1 amide bonds. The average Bonchev–Trinajstić information content (AvgIpc) is 2.60. The Kier molecular flexibility index (Phi) is 7.50. The molecule has 1 aliphatic heterocycles. The van der Waals surface area contributed by atoms with Crippen molar-refractivity contribution in [3.8, 4) is 5.75 Å². The maximum Gasteiger partial charge on any atom is 0.222 e. The Morgan fingerprint density at radius 2 is 1.88 bits per heavy atom. The van der Waals surface area contributed by atoms with Crippen LogP contribution in [0.2, 0.25) is 0 Å². The summed E-state index contributed by atoms with van der Waals surface area (Å²) < 4.78 is 30.3. The van der Waals surface area contributed by atoms with E-state index in [-0.39, 0.29) is 22.8 Å². The molecular formula is C20H31NO4S. The second-order valence-corrected chi connectivity index (χ2v) is 9.67. The van der Waals surface area contributed by atoms with E-state index in [1.54, 1.807) is 0 Å². The molecule has 1 heterocycles.